The molecule has 240 valence electrons. The number of carbonyl (C=O) groups excluding carboxylic acids is 1. The average Bonchev–Trinajstić information content (AvgIpc) is 3.80. The summed E-state index contributed by atoms with van der Waals surface area (Å²) in [7, 11) is 0. The van der Waals surface area contributed by atoms with E-state index in [1.165, 1.54) is 67.4 Å². The van der Waals surface area contributed by atoms with E-state index in [1.54, 1.807) is 4.90 Å². The number of ether oxygens (including phenoxy) is 2. The van der Waals surface area contributed by atoms with Crippen molar-refractivity contribution in [3.63, 3.8) is 0 Å². The molecule has 3 aromatic rings. The molecule has 4 aliphatic rings. The van der Waals surface area contributed by atoms with Crippen LogP contribution in [-0.4, -0.2) is 74.9 Å². The zero-order valence-electron chi connectivity index (χ0n) is 25.8. The van der Waals surface area contributed by atoms with Gasteiger partial charge in [-0.25, -0.2) is 4.79 Å². The van der Waals surface area contributed by atoms with Gasteiger partial charge in [-0.1, -0.05) is 17.7 Å². The summed E-state index contributed by atoms with van der Waals surface area (Å²) < 4.78 is 10.9. The standard InChI is InChI=1S/C21H23N3O5.C13H18N2.ClH/c1-2-28-19-7-3-17(4-8-19)22-11-15-13-23(14-16(15)12-22)21(25)29-20-9-5-18(6-10-20)24(26)27;1-10-2-4-13(5-3-10)15-8-11-6-14-7-12(11)9-15;/h3-10,15-16H,2,11-14H2,1H3;2-5,11-12,14H,6-9H2,1H3;1H/t15-,16+;11-,12+;. The molecule has 3 aromatic carbocycles. The van der Waals surface area contributed by atoms with Crippen LogP contribution < -0.4 is 24.6 Å². The summed E-state index contributed by atoms with van der Waals surface area (Å²) >= 11 is 0. The highest BCUT2D eigenvalue weighted by Gasteiger charge is 2.42. The number of nitrogens with one attached hydrogen (secondary N) is 1. The zero-order valence-corrected chi connectivity index (χ0v) is 26.7. The summed E-state index contributed by atoms with van der Waals surface area (Å²) in [5, 5.41) is 14.2. The molecular formula is C34H42ClN5O5. The fourth-order valence-electron chi connectivity index (χ4n) is 6.90. The maximum atomic E-state index is 12.5. The molecule has 4 saturated heterocycles. The Morgan fingerprint density at radius 3 is 1.78 bits per heavy atom. The molecule has 45 heavy (non-hydrogen) atoms. The molecule has 0 spiro atoms. The van der Waals surface area contributed by atoms with E-state index in [1.807, 2.05) is 19.1 Å². The summed E-state index contributed by atoms with van der Waals surface area (Å²) in [5.41, 5.74) is 3.88. The molecule has 1 amide bonds. The number of hydrogen-bond donors (Lipinski definition) is 1. The third-order valence-corrected chi connectivity index (χ3v) is 9.30. The lowest BCUT2D eigenvalue weighted by atomic mass is 10.0. The van der Waals surface area contributed by atoms with Crippen molar-refractivity contribution in [2.45, 2.75) is 13.8 Å². The minimum Gasteiger partial charge on any atom is -0.494 e. The molecule has 4 fully saturated rings. The number of halogens is 1. The van der Waals surface area contributed by atoms with Gasteiger partial charge in [0.25, 0.3) is 5.69 Å². The van der Waals surface area contributed by atoms with E-state index < -0.39 is 11.0 Å². The summed E-state index contributed by atoms with van der Waals surface area (Å²) in [4.78, 5) is 29.3. The zero-order chi connectivity index (χ0) is 30.6. The third kappa shape index (κ3) is 7.62. The molecule has 0 aromatic heterocycles. The topological polar surface area (TPSA) is 100 Å². The molecule has 0 radical (unpaired) electrons. The predicted octanol–water partition coefficient (Wildman–Crippen LogP) is 5.63. The highest BCUT2D eigenvalue weighted by molar-refractivity contribution is 5.85. The average molecular weight is 636 g/mol. The second-order valence-corrected chi connectivity index (χ2v) is 12.3. The number of amides is 1. The van der Waals surface area contributed by atoms with E-state index in [9.17, 15) is 14.9 Å². The number of nitro benzene ring substituents is 1. The lowest BCUT2D eigenvalue weighted by molar-refractivity contribution is -0.384. The van der Waals surface area contributed by atoms with Gasteiger partial charge in [0.2, 0.25) is 0 Å². The van der Waals surface area contributed by atoms with E-state index in [0.717, 1.165) is 30.7 Å². The normalized spacial score (nSPS) is 23.0. The smallest absolute Gasteiger partial charge is 0.415 e. The Morgan fingerprint density at radius 1 is 0.778 bits per heavy atom. The number of rotatable bonds is 6. The van der Waals surface area contributed by atoms with Crippen LogP contribution in [0.1, 0.15) is 12.5 Å². The van der Waals surface area contributed by atoms with Crippen LogP contribution in [0, 0.1) is 40.7 Å². The number of anilines is 2. The molecule has 4 heterocycles. The second kappa shape index (κ2) is 14.4. The van der Waals surface area contributed by atoms with Crippen LogP contribution in [0.5, 0.6) is 11.5 Å². The minimum absolute atomic E-state index is 0. The molecule has 0 aliphatic carbocycles. The van der Waals surface area contributed by atoms with Gasteiger partial charge < -0.3 is 29.5 Å². The maximum Gasteiger partial charge on any atom is 0.415 e. The van der Waals surface area contributed by atoms with Crippen molar-refractivity contribution in [2.24, 2.45) is 23.7 Å². The largest absolute Gasteiger partial charge is 0.494 e. The van der Waals surface area contributed by atoms with Crippen LogP contribution in [0.4, 0.5) is 21.9 Å². The summed E-state index contributed by atoms with van der Waals surface area (Å²) in [6, 6.07) is 22.6. The highest BCUT2D eigenvalue weighted by atomic mass is 35.5. The van der Waals surface area contributed by atoms with Gasteiger partial charge in [-0.15, -0.1) is 12.4 Å². The number of non-ortho nitro benzene ring substituents is 1. The van der Waals surface area contributed by atoms with Crippen LogP contribution in [0.3, 0.4) is 0 Å². The van der Waals surface area contributed by atoms with E-state index >= 15 is 0 Å². The molecule has 10 nitrogen and oxygen atoms in total. The fourth-order valence-corrected chi connectivity index (χ4v) is 6.90. The van der Waals surface area contributed by atoms with E-state index in [4.69, 9.17) is 9.47 Å². The van der Waals surface area contributed by atoms with Crippen LogP contribution in [0.2, 0.25) is 0 Å². The third-order valence-electron chi connectivity index (χ3n) is 9.30. The Kier molecular flexibility index (Phi) is 10.4. The van der Waals surface area contributed by atoms with E-state index in [0.29, 0.717) is 37.3 Å². The number of likely N-dealkylation sites (tertiary alicyclic amines) is 1. The monoisotopic (exact) mass is 635 g/mol. The number of hydrogen-bond acceptors (Lipinski definition) is 8. The molecular weight excluding hydrogens is 594 g/mol. The van der Waals surface area contributed by atoms with Crippen molar-refractivity contribution >= 4 is 35.6 Å². The molecule has 4 aliphatic heterocycles. The van der Waals surface area contributed by atoms with Crippen molar-refractivity contribution in [1.29, 1.82) is 0 Å². The fraction of sp³-hybridized carbons (Fsp3) is 0.441. The molecule has 0 bridgehead atoms. The summed E-state index contributed by atoms with van der Waals surface area (Å²) in [6.45, 7) is 12.8. The number of nitrogens with zero attached hydrogens (tertiary/aromatic N) is 4. The first-order chi connectivity index (χ1) is 21.4. The first kappa shape index (κ1) is 32.4. The maximum absolute atomic E-state index is 12.5. The Labute approximate surface area is 270 Å². The van der Waals surface area contributed by atoms with Crippen molar-refractivity contribution < 1.29 is 19.2 Å². The Hall–Kier alpha value is -4.02. The SMILES string of the molecule is CCOc1ccc(N2C[C@H]3CN(C(=O)Oc4ccc([N+](=O)[O-])cc4)C[C@H]3C2)cc1.Cc1ccc(N2C[C@H]3CNC[C@H]3C2)cc1.Cl. The minimum atomic E-state index is -0.483. The Bertz CT molecular complexity index is 1410. The van der Waals surface area contributed by atoms with Crippen LogP contribution in [0.15, 0.2) is 72.8 Å². The molecule has 0 saturated carbocycles. The van der Waals surface area contributed by atoms with Crippen LogP contribution >= 0.6 is 12.4 Å². The number of benzene rings is 3. The predicted molar refractivity (Wildman–Crippen MR) is 178 cm³/mol. The van der Waals surface area contributed by atoms with Crippen molar-refractivity contribution in [3.8, 4) is 11.5 Å². The van der Waals surface area contributed by atoms with Crippen molar-refractivity contribution in [3.05, 3.63) is 88.5 Å². The van der Waals surface area contributed by atoms with Gasteiger partial charge in [0.1, 0.15) is 11.5 Å². The van der Waals surface area contributed by atoms with Gasteiger partial charge in [0, 0.05) is 87.7 Å². The molecule has 11 heteroatoms. The van der Waals surface area contributed by atoms with Crippen molar-refractivity contribution in [2.75, 3.05) is 68.8 Å². The van der Waals surface area contributed by atoms with E-state index in [2.05, 4.69) is 58.4 Å². The Morgan fingerprint density at radius 2 is 1.27 bits per heavy atom. The van der Waals surface area contributed by atoms with Crippen LogP contribution in [-0.2, 0) is 0 Å². The van der Waals surface area contributed by atoms with Gasteiger partial charge in [0.15, 0.2) is 0 Å². The lowest BCUT2D eigenvalue weighted by Crippen LogP contribution is -2.35. The summed E-state index contributed by atoms with van der Waals surface area (Å²) in [6.07, 6.45) is -0.402. The molecule has 7 rings (SSSR count). The van der Waals surface area contributed by atoms with Gasteiger partial charge in [0.05, 0.1) is 11.5 Å². The number of carbonyl (C=O) groups is 1. The lowest BCUT2D eigenvalue weighted by Gasteiger charge is -2.23. The van der Waals surface area contributed by atoms with Gasteiger partial charge >= 0.3 is 6.09 Å². The van der Waals surface area contributed by atoms with E-state index in [-0.39, 0.29) is 18.1 Å². The second-order valence-electron chi connectivity index (χ2n) is 12.3. The molecule has 0 unspecified atom stereocenters. The Balaban J connectivity index is 0.000000210. The van der Waals surface area contributed by atoms with Crippen LogP contribution in [0.25, 0.3) is 0 Å². The number of fused-ring (bicyclic) bond motifs is 2. The van der Waals surface area contributed by atoms with Gasteiger partial charge in [-0.2, -0.15) is 0 Å². The first-order valence-electron chi connectivity index (χ1n) is 15.6. The molecule has 4 atom stereocenters. The molecule has 1 N–H and O–H groups in total. The van der Waals surface area contributed by atoms with Crippen molar-refractivity contribution in [1.82, 2.24) is 10.2 Å². The first-order valence-corrected chi connectivity index (χ1v) is 15.6. The quantitative estimate of drug-likeness (QED) is 0.275. The van der Waals surface area contributed by atoms with Gasteiger partial charge in [-0.3, -0.25) is 10.1 Å². The number of aryl methyl sites for hydroxylation is 1. The van der Waals surface area contributed by atoms with Gasteiger partial charge in [-0.05, 0) is 74.2 Å². The highest BCUT2D eigenvalue weighted by Crippen LogP contribution is 2.35. The number of nitro groups is 1. The summed E-state index contributed by atoms with van der Waals surface area (Å²) in [5.74, 6) is 3.76.